The molecule has 4 aliphatic rings. The van der Waals surface area contributed by atoms with Gasteiger partial charge < -0.3 is 39.0 Å². The summed E-state index contributed by atoms with van der Waals surface area (Å²) in [7, 11) is 0.998. The van der Waals surface area contributed by atoms with E-state index in [0.29, 0.717) is 65.7 Å². The van der Waals surface area contributed by atoms with E-state index in [1.54, 1.807) is 43.9 Å². The SMILES string of the molecule is CCc1cc(Nc2ncc(-c3cn(C)cn3)c(Nc3ccccc3P(C)(C)=O)n2)c(OC)cc1N1CCC(N2CCN(CCOc3cccc4c3CN(C3CCC(=O)NC3=O)C4=O)CC2)CC1. The van der Waals surface area contributed by atoms with Gasteiger partial charge in [-0.25, -0.2) is 9.97 Å². The van der Waals surface area contributed by atoms with Crippen LogP contribution in [0.25, 0.3) is 11.3 Å². The van der Waals surface area contributed by atoms with E-state index >= 15 is 0 Å². The van der Waals surface area contributed by atoms with Gasteiger partial charge in [0.05, 0.1) is 42.6 Å². The number of imidazole rings is 1. The maximum Gasteiger partial charge on any atom is 0.255 e. The van der Waals surface area contributed by atoms with Gasteiger partial charge in [-0.3, -0.25) is 29.5 Å². The molecule has 352 valence electrons. The molecule has 3 saturated heterocycles. The fourth-order valence-corrected chi connectivity index (χ4v) is 11.0. The number of rotatable bonds is 15. The van der Waals surface area contributed by atoms with Crippen LogP contribution in [0.15, 0.2) is 73.3 Å². The molecule has 3 aromatic carbocycles. The fraction of sp³-hybridized carbons (Fsp3) is 0.429. The Balaban J connectivity index is 0.797. The third-order valence-electron chi connectivity index (χ3n) is 13.5. The largest absolute Gasteiger partial charge is 0.494 e. The second-order valence-electron chi connectivity index (χ2n) is 18.2. The summed E-state index contributed by atoms with van der Waals surface area (Å²) in [6, 6.07) is 17.3. The topological polar surface area (TPSA) is 179 Å². The van der Waals surface area contributed by atoms with Crippen molar-refractivity contribution in [3.8, 4) is 22.8 Å². The number of nitrogens with zero attached hydrogens (tertiary/aromatic N) is 8. The summed E-state index contributed by atoms with van der Waals surface area (Å²) in [5.74, 6) is 1.39. The van der Waals surface area contributed by atoms with Crippen LogP contribution in [0.5, 0.6) is 11.5 Å². The molecule has 1 unspecified atom stereocenters. The van der Waals surface area contributed by atoms with Gasteiger partial charge in [0.15, 0.2) is 0 Å². The van der Waals surface area contributed by atoms with Crippen LogP contribution in [0.2, 0.25) is 0 Å². The molecule has 5 aromatic rings. The molecule has 67 heavy (non-hydrogen) atoms. The average molecular weight is 930 g/mol. The van der Waals surface area contributed by atoms with E-state index in [1.807, 2.05) is 54.2 Å². The first kappa shape index (κ1) is 45.8. The highest BCUT2D eigenvalue weighted by atomic mass is 31.2. The Hall–Kier alpha value is -6.29. The predicted octanol–water partition coefficient (Wildman–Crippen LogP) is 5.61. The summed E-state index contributed by atoms with van der Waals surface area (Å²) in [5.41, 5.74) is 6.66. The molecule has 6 heterocycles. The van der Waals surface area contributed by atoms with Crippen LogP contribution in [-0.4, -0.2) is 137 Å². The van der Waals surface area contributed by atoms with Crippen molar-refractivity contribution in [3.63, 3.8) is 0 Å². The number of amides is 3. The summed E-state index contributed by atoms with van der Waals surface area (Å²) < 4.78 is 27.4. The summed E-state index contributed by atoms with van der Waals surface area (Å²) in [5, 5.41) is 10.0. The zero-order valence-corrected chi connectivity index (χ0v) is 39.9. The van der Waals surface area contributed by atoms with Crippen LogP contribution in [-0.2, 0) is 34.2 Å². The van der Waals surface area contributed by atoms with Crippen molar-refractivity contribution in [2.24, 2.45) is 7.05 Å². The molecule has 9 rings (SSSR count). The number of imide groups is 1. The number of fused-ring (bicyclic) bond motifs is 1. The number of nitrogens with one attached hydrogen (secondary N) is 3. The van der Waals surface area contributed by atoms with Gasteiger partial charge in [0, 0.05) is 106 Å². The Labute approximate surface area is 391 Å². The Morgan fingerprint density at radius 3 is 2.39 bits per heavy atom. The zero-order chi connectivity index (χ0) is 46.8. The molecular weight excluding hydrogens is 870 g/mol. The highest BCUT2D eigenvalue weighted by Crippen LogP contribution is 2.41. The molecule has 0 spiro atoms. The smallest absolute Gasteiger partial charge is 0.255 e. The van der Waals surface area contributed by atoms with Crippen molar-refractivity contribution >= 4 is 59.0 Å². The van der Waals surface area contributed by atoms with Crippen molar-refractivity contribution in [2.75, 3.05) is 88.4 Å². The lowest BCUT2D eigenvalue weighted by Gasteiger charge is -2.43. The van der Waals surface area contributed by atoms with Gasteiger partial charge in [-0.15, -0.1) is 0 Å². The van der Waals surface area contributed by atoms with E-state index in [4.69, 9.17) is 19.4 Å². The molecule has 2 aromatic heterocycles. The first-order valence-electron chi connectivity index (χ1n) is 23.2. The summed E-state index contributed by atoms with van der Waals surface area (Å²) in [6.07, 6.45) is 8.94. The lowest BCUT2D eigenvalue weighted by atomic mass is 9.99. The number of para-hydroxylation sites is 1. The van der Waals surface area contributed by atoms with Gasteiger partial charge in [-0.2, -0.15) is 4.98 Å². The van der Waals surface area contributed by atoms with Crippen LogP contribution >= 0.6 is 7.14 Å². The third kappa shape index (κ3) is 9.90. The van der Waals surface area contributed by atoms with Crippen LogP contribution < -0.4 is 35.6 Å². The van der Waals surface area contributed by atoms with Gasteiger partial charge in [0.1, 0.15) is 37.1 Å². The van der Waals surface area contributed by atoms with E-state index < -0.39 is 19.1 Å². The molecule has 0 saturated carbocycles. The van der Waals surface area contributed by atoms with Gasteiger partial charge >= 0.3 is 0 Å². The predicted molar refractivity (Wildman–Crippen MR) is 260 cm³/mol. The van der Waals surface area contributed by atoms with E-state index in [-0.39, 0.29) is 18.2 Å². The van der Waals surface area contributed by atoms with Gasteiger partial charge in [0.25, 0.3) is 5.91 Å². The molecule has 3 amide bonds. The lowest BCUT2D eigenvalue weighted by Crippen LogP contribution is -2.53. The average Bonchev–Trinajstić information content (AvgIpc) is 3.91. The molecule has 4 aliphatic heterocycles. The molecule has 0 radical (unpaired) electrons. The Morgan fingerprint density at radius 2 is 1.67 bits per heavy atom. The van der Waals surface area contributed by atoms with E-state index in [1.165, 1.54) is 11.3 Å². The van der Waals surface area contributed by atoms with Crippen LogP contribution in [0.4, 0.5) is 28.8 Å². The van der Waals surface area contributed by atoms with Crippen LogP contribution in [0, 0.1) is 0 Å². The number of aromatic nitrogens is 4. The number of hydrogen-bond acceptors (Lipinski definition) is 14. The Kier molecular flexibility index (Phi) is 13.4. The number of carbonyl (C=O) groups excluding carboxylic acids is 3. The van der Waals surface area contributed by atoms with Gasteiger partial charge in [0.2, 0.25) is 17.8 Å². The van der Waals surface area contributed by atoms with E-state index in [0.717, 1.165) is 87.3 Å². The Bertz CT molecular complexity index is 2710. The number of carbonyl (C=O) groups is 3. The second kappa shape index (κ2) is 19.5. The molecule has 0 bridgehead atoms. The molecular formula is C49H60N11O6P. The van der Waals surface area contributed by atoms with Crippen LogP contribution in [0.1, 0.15) is 54.1 Å². The molecule has 0 aliphatic carbocycles. The molecule has 3 N–H and O–H groups in total. The van der Waals surface area contributed by atoms with Gasteiger partial charge in [-0.05, 0) is 74.9 Å². The lowest BCUT2D eigenvalue weighted by molar-refractivity contribution is -0.136. The summed E-state index contributed by atoms with van der Waals surface area (Å²) in [6.45, 7) is 13.1. The number of ether oxygens (including phenoxy) is 2. The fourth-order valence-electron chi connectivity index (χ4n) is 9.83. The van der Waals surface area contributed by atoms with Crippen molar-refractivity contribution in [3.05, 3.63) is 90.0 Å². The maximum absolute atomic E-state index is 13.3. The zero-order valence-electron chi connectivity index (χ0n) is 39.0. The van der Waals surface area contributed by atoms with Crippen molar-refractivity contribution in [2.45, 2.75) is 57.7 Å². The minimum absolute atomic E-state index is 0.196. The molecule has 17 nitrogen and oxygen atoms in total. The first-order chi connectivity index (χ1) is 32.4. The number of aryl methyl sites for hydroxylation is 2. The highest BCUT2D eigenvalue weighted by molar-refractivity contribution is 7.70. The third-order valence-corrected chi connectivity index (χ3v) is 15.0. The maximum atomic E-state index is 13.3. The number of anilines is 5. The number of piperidine rings is 2. The standard InChI is InChI=1S/C49H60N11O6P/c1-6-32-26-38(53-49-50-28-35(39-30-56(2)31-51-39)46(55-49)52-37-11-7-8-13-44(37)67(4,5)64)43(65-3)27-41(32)59-18-16-33(17-19-59)58-22-20-57(21-23-58)24-25-66-42-12-9-10-34-36(42)29-60(48(34)63)40-14-15-45(61)54-47(40)62/h7-13,26-28,30-31,33,40H,6,14-25,29H2,1-5H3,(H,54,61,62)(H2,50,52,53,55). The normalized spacial score (nSPS) is 18.5. The molecule has 3 fully saturated rings. The van der Waals surface area contributed by atoms with Crippen molar-refractivity contribution < 1.29 is 28.4 Å². The minimum Gasteiger partial charge on any atom is -0.494 e. The number of methoxy groups -OCH3 is 1. The van der Waals surface area contributed by atoms with Crippen molar-refractivity contribution in [1.29, 1.82) is 0 Å². The second-order valence-corrected chi connectivity index (χ2v) is 21.3. The van der Waals surface area contributed by atoms with E-state index in [2.05, 4.69) is 54.7 Å². The molecule has 1 atom stereocenters. The van der Waals surface area contributed by atoms with Gasteiger partial charge in [-0.1, -0.05) is 25.1 Å². The summed E-state index contributed by atoms with van der Waals surface area (Å²) in [4.78, 5) is 60.9. The molecule has 18 heteroatoms. The minimum atomic E-state index is -2.60. The number of piperazine rings is 1. The quantitative estimate of drug-likeness (QED) is 0.0872. The number of hydrogen-bond donors (Lipinski definition) is 3. The van der Waals surface area contributed by atoms with Crippen LogP contribution in [0.3, 0.4) is 0 Å². The highest BCUT2D eigenvalue weighted by Gasteiger charge is 2.40. The first-order valence-corrected chi connectivity index (χ1v) is 25.8. The van der Waals surface area contributed by atoms with Crippen molar-refractivity contribution in [1.82, 2.24) is 39.5 Å². The van der Waals surface area contributed by atoms with E-state index in [9.17, 15) is 18.9 Å². The summed E-state index contributed by atoms with van der Waals surface area (Å²) >= 11 is 0. The number of benzene rings is 3. The monoisotopic (exact) mass is 929 g/mol. The Morgan fingerprint density at radius 1 is 0.881 bits per heavy atom.